The molecule has 0 aliphatic carbocycles. The zero-order valence-corrected chi connectivity index (χ0v) is 12.7. The van der Waals surface area contributed by atoms with E-state index in [0.29, 0.717) is 0 Å². The van der Waals surface area contributed by atoms with E-state index in [9.17, 15) is 4.79 Å². The Balaban J connectivity index is 1.49. The summed E-state index contributed by atoms with van der Waals surface area (Å²) in [5.41, 5.74) is 1.04. The van der Waals surface area contributed by atoms with Gasteiger partial charge in [-0.25, -0.2) is 0 Å². The fourth-order valence-electron chi connectivity index (χ4n) is 2.71. The third kappa shape index (κ3) is 3.27. The SMILES string of the molecule is Cc1ccccc1OCC(=O)N1CCC(n2nccn2)CC1. The Morgan fingerprint density at radius 3 is 2.59 bits per heavy atom. The molecule has 0 bridgehead atoms. The van der Waals surface area contributed by atoms with Gasteiger partial charge in [-0.15, -0.1) is 0 Å². The zero-order valence-electron chi connectivity index (χ0n) is 12.7. The number of nitrogens with zero attached hydrogens (tertiary/aromatic N) is 4. The number of ether oxygens (including phenoxy) is 1. The first-order chi connectivity index (χ1) is 10.7. The quantitative estimate of drug-likeness (QED) is 0.864. The molecule has 1 saturated heterocycles. The average molecular weight is 300 g/mol. The number of benzene rings is 1. The zero-order chi connectivity index (χ0) is 15.4. The molecule has 0 N–H and O–H groups in total. The lowest BCUT2D eigenvalue weighted by Crippen LogP contribution is -2.41. The number of carbonyl (C=O) groups excluding carboxylic acids is 1. The maximum atomic E-state index is 12.2. The lowest BCUT2D eigenvalue weighted by molar-refractivity contribution is -0.134. The average Bonchev–Trinajstić information content (AvgIpc) is 3.08. The highest BCUT2D eigenvalue weighted by Crippen LogP contribution is 2.21. The molecule has 22 heavy (non-hydrogen) atoms. The van der Waals surface area contributed by atoms with Crippen molar-refractivity contribution in [1.29, 1.82) is 0 Å². The van der Waals surface area contributed by atoms with E-state index >= 15 is 0 Å². The van der Waals surface area contributed by atoms with Crippen molar-refractivity contribution in [3.05, 3.63) is 42.2 Å². The predicted molar refractivity (Wildman–Crippen MR) is 81.5 cm³/mol. The molecule has 0 radical (unpaired) electrons. The van der Waals surface area contributed by atoms with Gasteiger partial charge in [0, 0.05) is 13.1 Å². The van der Waals surface area contributed by atoms with Crippen molar-refractivity contribution in [2.45, 2.75) is 25.8 Å². The number of amides is 1. The van der Waals surface area contributed by atoms with E-state index in [0.717, 1.165) is 37.2 Å². The van der Waals surface area contributed by atoms with Gasteiger partial charge in [-0.3, -0.25) is 4.79 Å². The van der Waals surface area contributed by atoms with Crippen molar-refractivity contribution in [2.24, 2.45) is 0 Å². The molecule has 1 aliphatic heterocycles. The van der Waals surface area contributed by atoms with Gasteiger partial charge < -0.3 is 9.64 Å². The Morgan fingerprint density at radius 2 is 1.91 bits per heavy atom. The van der Waals surface area contributed by atoms with Gasteiger partial charge in [0.2, 0.25) is 0 Å². The van der Waals surface area contributed by atoms with Gasteiger partial charge in [-0.05, 0) is 31.4 Å². The molecule has 2 heterocycles. The van der Waals surface area contributed by atoms with Crippen LogP contribution in [0.4, 0.5) is 0 Å². The molecule has 1 aromatic heterocycles. The van der Waals surface area contributed by atoms with Crippen molar-refractivity contribution >= 4 is 5.91 Å². The Hall–Kier alpha value is -2.37. The van der Waals surface area contributed by atoms with Crippen molar-refractivity contribution in [1.82, 2.24) is 19.9 Å². The number of carbonyl (C=O) groups is 1. The summed E-state index contributed by atoms with van der Waals surface area (Å²) in [5, 5.41) is 8.35. The lowest BCUT2D eigenvalue weighted by atomic mass is 10.1. The van der Waals surface area contributed by atoms with E-state index in [1.165, 1.54) is 0 Å². The number of aromatic nitrogens is 3. The summed E-state index contributed by atoms with van der Waals surface area (Å²) in [6.45, 7) is 3.52. The summed E-state index contributed by atoms with van der Waals surface area (Å²) in [4.78, 5) is 15.8. The van der Waals surface area contributed by atoms with E-state index in [4.69, 9.17) is 4.74 Å². The van der Waals surface area contributed by atoms with Gasteiger partial charge >= 0.3 is 0 Å². The molecule has 6 nitrogen and oxygen atoms in total. The molecule has 0 unspecified atom stereocenters. The lowest BCUT2D eigenvalue weighted by Gasteiger charge is -2.31. The molecule has 2 aromatic rings. The summed E-state index contributed by atoms with van der Waals surface area (Å²) < 4.78 is 5.63. The van der Waals surface area contributed by atoms with Gasteiger partial charge in [-0.2, -0.15) is 15.0 Å². The van der Waals surface area contributed by atoms with Crippen LogP contribution < -0.4 is 4.74 Å². The van der Waals surface area contributed by atoms with Crippen LogP contribution in [0.3, 0.4) is 0 Å². The Bertz CT molecular complexity index is 619. The third-order valence-electron chi connectivity index (χ3n) is 4.03. The minimum Gasteiger partial charge on any atom is -0.484 e. The highest BCUT2D eigenvalue weighted by atomic mass is 16.5. The molecule has 1 fully saturated rings. The van der Waals surface area contributed by atoms with E-state index in [1.54, 1.807) is 17.2 Å². The fourth-order valence-corrected chi connectivity index (χ4v) is 2.71. The van der Waals surface area contributed by atoms with E-state index < -0.39 is 0 Å². The van der Waals surface area contributed by atoms with Gasteiger partial charge in [0.25, 0.3) is 5.91 Å². The van der Waals surface area contributed by atoms with Crippen LogP contribution in [0.25, 0.3) is 0 Å². The van der Waals surface area contributed by atoms with Gasteiger partial charge in [0.05, 0.1) is 18.4 Å². The first-order valence-corrected chi connectivity index (χ1v) is 7.56. The van der Waals surface area contributed by atoms with Crippen LogP contribution in [-0.2, 0) is 4.79 Å². The maximum absolute atomic E-state index is 12.2. The van der Waals surface area contributed by atoms with Crippen LogP contribution in [0.5, 0.6) is 5.75 Å². The predicted octanol–water partition coefficient (Wildman–Crippen LogP) is 1.83. The molecule has 1 aromatic carbocycles. The normalized spacial score (nSPS) is 15.8. The molecular formula is C16H20N4O2. The van der Waals surface area contributed by atoms with Crippen molar-refractivity contribution in [3.8, 4) is 5.75 Å². The number of hydrogen-bond acceptors (Lipinski definition) is 4. The Labute approximate surface area is 129 Å². The minimum atomic E-state index is 0.0372. The first-order valence-electron chi connectivity index (χ1n) is 7.56. The molecule has 116 valence electrons. The van der Waals surface area contributed by atoms with Crippen LogP contribution in [0, 0.1) is 6.92 Å². The molecule has 1 amide bonds. The van der Waals surface area contributed by atoms with Crippen LogP contribution in [0.1, 0.15) is 24.4 Å². The monoisotopic (exact) mass is 300 g/mol. The second kappa shape index (κ2) is 6.60. The van der Waals surface area contributed by atoms with Crippen molar-refractivity contribution in [2.75, 3.05) is 19.7 Å². The molecule has 0 atom stereocenters. The van der Waals surface area contributed by atoms with Crippen molar-refractivity contribution in [3.63, 3.8) is 0 Å². The molecule has 3 rings (SSSR count). The van der Waals surface area contributed by atoms with Crippen LogP contribution >= 0.6 is 0 Å². The van der Waals surface area contributed by atoms with Gasteiger partial charge in [0.15, 0.2) is 6.61 Å². The van der Waals surface area contributed by atoms with E-state index in [1.807, 2.05) is 36.1 Å². The molecular weight excluding hydrogens is 280 g/mol. The van der Waals surface area contributed by atoms with Gasteiger partial charge in [-0.1, -0.05) is 18.2 Å². The smallest absolute Gasteiger partial charge is 0.260 e. The first kappa shape index (κ1) is 14.6. The number of hydrogen-bond donors (Lipinski definition) is 0. The number of likely N-dealkylation sites (tertiary alicyclic amines) is 1. The summed E-state index contributed by atoms with van der Waals surface area (Å²) in [5.74, 6) is 0.807. The highest BCUT2D eigenvalue weighted by Gasteiger charge is 2.24. The molecule has 6 heteroatoms. The molecule has 1 aliphatic rings. The Morgan fingerprint density at radius 1 is 1.23 bits per heavy atom. The molecule has 0 spiro atoms. The topological polar surface area (TPSA) is 60.2 Å². The van der Waals surface area contributed by atoms with E-state index in [2.05, 4.69) is 10.2 Å². The van der Waals surface area contributed by atoms with Crippen LogP contribution in [-0.4, -0.2) is 45.5 Å². The summed E-state index contributed by atoms with van der Waals surface area (Å²) in [7, 11) is 0. The second-order valence-electron chi connectivity index (χ2n) is 5.52. The minimum absolute atomic E-state index is 0.0372. The second-order valence-corrected chi connectivity index (χ2v) is 5.52. The largest absolute Gasteiger partial charge is 0.484 e. The maximum Gasteiger partial charge on any atom is 0.260 e. The number of aryl methyl sites for hydroxylation is 1. The van der Waals surface area contributed by atoms with Crippen LogP contribution in [0.15, 0.2) is 36.7 Å². The summed E-state index contributed by atoms with van der Waals surface area (Å²) in [6, 6.07) is 8.02. The molecule has 0 saturated carbocycles. The van der Waals surface area contributed by atoms with Crippen LogP contribution in [0.2, 0.25) is 0 Å². The standard InChI is InChI=1S/C16H20N4O2/c1-13-4-2-3-5-15(13)22-12-16(21)19-10-6-14(7-11-19)20-17-8-9-18-20/h2-5,8-9,14H,6-7,10-12H2,1H3. The number of piperidine rings is 1. The van der Waals surface area contributed by atoms with E-state index in [-0.39, 0.29) is 18.6 Å². The van der Waals surface area contributed by atoms with Gasteiger partial charge in [0.1, 0.15) is 5.75 Å². The highest BCUT2D eigenvalue weighted by molar-refractivity contribution is 5.77. The summed E-state index contributed by atoms with van der Waals surface area (Å²) in [6.07, 6.45) is 5.14. The fraction of sp³-hybridized carbons (Fsp3) is 0.438. The van der Waals surface area contributed by atoms with Crippen molar-refractivity contribution < 1.29 is 9.53 Å². The number of rotatable bonds is 4. The summed E-state index contributed by atoms with van der Waals surface area (Å²) >= 11 is 0. The number of para-hydroxylation sites is 1. The Kier molecular flexibility index (Phi) is 4.37. The third-order valence-corrected chi connectivity index (χ3v) is 4.03.